The minimum atomic E-state index is -1.60. The lowest BCUT2D eigenvalue weighted by molar-refractivity contribution is 0.102. The van der Waals surface area contributed by atoms with Gasteiger partial charge in [0.25, 0.3) is 5.91 Å². The molecule has 3 N–H and O–H groups in total. The van der Waals surface area contributed by atoms with Crippen molar-refractivity contribution in [2.45, 2.75) is 0 Å². The molecule has 7 heteroatoms. The molecule has 0 aromatic heterocycles. The highest BCUT2D eigenvalue weighted by molar-refractivity contribution is 6.33. The van der Waals surface area contributed by atoms with Crippen LogP contribution in [0.5, 0.6) is 0 Å². The summed E-state index contributed by atoms with van der Waals surface area (Å²) in [6.07, 6.45) is 0. The molecule has 0 aliphatic carbocycles. The van der Waals surface area contributed by atoms with Crippen LogP contribution < -0.4 is 11.1 Å². The molecule has 0 aliphatic heterocycles. The highest BCUT2D eigenvalue weighted by Gasteiger charge is 2.13. The number of amides is 1. The first-order chi connectivity index (χ1) is 9.38. The van der Waals surface area contributed by atoms with Gasteiger partial charge in [0.2, 0.25) is 0 Å². The molecule has 2 aromatic rings. The predicted octanol–water partition coefficient (Wildman–Crippen LogP) is 3.59. The molecule has 0 atom stereocenters. The van der Waals surface area contributed by atoms with E-state index in [2.05, 4.69) is 5.32 Å². The van der Waals surface area contributed by atoms with Gasteiger partial charge in [0.1, 0.15) is 0 Å². The van der Waals surface area contributed by atoms with Gasteiger partial charge in [0, 0.05) is 23.4 Å². The van der Waals surface area contributed by atoms with Gasteiger partial charge >= 0.3 is 0 Å². The van der Waals surface area contributed by atoms with E-state index < -0.39 is 23.4 Å². The van der Waals surface area contributed by atoms with Crippen LogP contribution in [0.4, 0.5) is 24.5 Å². The molecule has 0 saturated carbocycles. The quantitative estimate of drug-likeness (QED) is 0.658. The molecule has 0 spiro atoms. The van der Waals surface area contributed by atoms with Gasteiger partial charge in [-0.15, -0.1) is 0 Å². The second-order valence-electron chi connectivity index (χ2n) is 3.94. The lowest BCUT2D eigenvalue weighted by Gasteiger charge is -2.07. The second kappa shape index (κ2) is 5.42. The number of anilines is 2. The number of benzene rings is 2. The Hall–Kier alpha value is -2.21. The van der Waals surface area contributed by atoms with Crippen LogP contribution in [0, 0.1) is 17.5 Å². The van der Waals surface area contributed by atoms with Gasteiger partial charge in [-0.1, -0.05) is 11.6 Å². The summed E-state index contributed by atoms with van der Waals surface area (Å²) in [6, 6.07) is 5.47. The maximum absolute atomic E-state index is 13.0. The van der Waals surface area contributed by atoms with E-state index in [1.807, 2.05) is 0 Å². The van der Waals surface area contributed by atoms with Crippen molar-refractivity contribution >= 4 is 28.9 Å². The summed E-state index contributed by atoms with van der Waals surface area (Å²) in [5.41, 5.74) is 5.73. The fraction of sp³-hybridized carbons (Fsp3) is 0. The fourth-order valence-corrected chi connectivity index (χ4v) is 1.68. The zero-order valence-electron chi connectivity index (χ0n) is 9.88. The average molecular weight is 301 g/mol. The van der Waals surface area contributed by atoms with E-state index in [0.29, 0.717) is 17.8 Å². The van der Waals surface area contributed by atoms with Crippen molar-refractivity contribution in [2.75, 3.05) is 11.1 Å². The Morgan fingerprint density at radius 2 is 1.70 bits per heavy atom. The third kappa shape index (κ3) is 2.85. The number of hydrogen-bond donors (Lipinski definition) is 2. The molecule has 0 saturated heterocycles. The topological polar surface area (TPSA) is 55.1 Å². The monoisotopic (exact) mass is 300 g/mol. The Labute approximate surface area is 117 Å². The van der Waals surface area contributed by atoms with Crippen LogP contribution in [0.1, 0.15) is 10.4 Å². The van der Waals surface area contributed by atoms with E-state index in [9.17, 15) is 18.0 Å². The molecule has 0 aliphatic rings. The van der Waals surface area contributed by atoms with Crippen molar-refractivity contribution in [3.63, 3.8) is 0 Å². The van der Waals surface area contributed by atoms with Crippen LogP contribution >= 0.6 is 11.6 Å². The minimum absolute atomic E-state index is 0.148. The van der Waals surface area contributed by atoms with Crippen LogP contribution in [0.3, 0.4) is 0 Å². The van der Waals surface area contributed by atoms with Crippen molar-refractivity contribution in [2.24, 2.45) is 0 Å². The molecule has 0 unspecified atom stereocenters. The zero-order chi connectivity index (χ0) is 14.9. The average Bonchev–Trinajstić information content (AvgIpc) is 2.39. The molecule has 3 nitrogen and oxygen atoms in total. The molecule has 0 heterocycles. The number of hydrogen-bond acceptors (Lipinski definition) is 2. The van der Waals surface area contributed by atoms with Crippen molar-refractivity contribution in [1.82, 2.24) is 0 Å². The highest BCUT2D eigenvalue weighted by Crippen LogP contribution is 2.21. The molecular weight excluding hydrogens is 293 g/mol. The van der Waals surface area contributed by atoms with Gasteiger partial charge in [-0.25, -0.2) is 13.2 Å². The molecule has 2 aromatic carbocycles. The summed E-state index contributed by atoms with van der Waals surface area (Å²) >= 11 is 5.76. The van der Waals surface area contributed by atoms with E-state index >= 15 is 0 Å². The minimum Gasteiger partial charge on any atom is -0.398 e. The predicted molar refractivity (Wildman–Crippen MR) is 70.1 cm³/mol. The van der Waals surface area contributed by atoms with E-state index in [-0.39, 0.29) is 16.3 Å². The van der Waals surface area contributed by atoms with Gasteiger partial charge in [-0.05, 0) is 18.2 Å². The number of halogens is 4. The van der Waals surface area contributed by atoms with Crippen LogP contribution in [-0.4, -0.2) is 5.91 Å². The van der Waals surface area contributed by atoms with E-state index in [1.165, 1.54) is 18.2 Å². The fourth-order valence-electron chi connectivity index (χ4n) is 1.50. The van der Waals surface area contributed by atoms with E-state index in [4.69, 9.17) is 17.3 Å². The number of nitrogen functional groups attached to an aromatic ring is 1. The van der Waals surface area contributed by atoms with Gasteiger partial charge < -0.3 is 11.1 Å². The summed E-state index contributed by atoms with van der Waals surface area (Å²) in [5.74, 6) is -5.04. The van der Waals surface area contributed by atoms with E-state index in [1.54, 1.807) is 0 Å². The third-order valence-electron chi connectivity index (χ3n) is 2.50. The summed E-state index contributed by atoms with van der Waals surface area (Å²) in [7, 11) is 0. The number of nitrogens with two attached hydrogens (primary N) is 1. The van der Waals surface area contributed by atoms with Crippen LogP contribution in [0.25, 0.3) is 0 Å². The number of carbonyl (C=O) groups excluding carboxylic acids is 1. The molecule has 2 rings (SSSR count). The molecule has 0 bridgehead atoms. The normalized spacial score (nSPS) is 10.4. The molecular formula is C13H8ClF3N2O. The van der Waals surface area contributed by atoms with Crippen molar-refractivity contribution < 1.29 is 18.0 Å². The number of carbonyl (C=O) groups is 1. The molecule has 20 heavy (non-hydrogen) atoms. The summed E-state index contributed by atoms with van der Waals surface area (Å²) in [6.45, 7) is 0. The number of rotatable bonds is 2. The lowest BCUT2D eigenvalue weighted by Crippen LogP contribution is -2.12. The first-order valence-electron chi connectivity index (χ1n) is 5.39. The maximum atomic E-state index is 13.0. The van der Waals surface area contributed by atoms with Crippen molar-refractivity contribution in [1.29, 1.82) is 0 Å². The smallest absolute Gasteiger partial charge is 0.255 e. The molecule has 1 amide bonds. The largest absolute Gasteiger partial charge is 0.398 e. The van der Waals surface area contributed by atoms with Gasteiger partial charge in [-0.3, -0.25) is 4.79 Å². The number of nitrogens with one attached hydrogen (secondary N) is 1. The van der Waals surface area contributed by atoms with Crippen LogP contribution in [0.2, 0.25) is 5.02 Å². The molecule has 104 valence electrons. The lowest BCUT2D eigenvalue weighted by atomic mass is 10.2. The van der Waals surface area contributed by atoms with Crippen LogP contribution in [-0.2, 0) is 0 Å². The SMILES string of the molecule is Nc1ccc(C(=O)Nc2cc(F)c(F)c(F)c2)cc1Cl. The Kier molecular flexibility index (Phi) is 3.85. The van der Waals surface area contributed by atoms with Crippen molar-refractivity contribution in [3.8, 4) is 0 Å². The zero-order valence-corrected chi connectivity index (χ0v) is 10.6. The summed E-state index contributed by atoms with van der Waals surface area (Å²) in [5, 5.41) is 2.40. The van der Waals surface area contributed by atoms with Gasteiger partial charge in [0.15, 0.2) is 17.5 Å². The van der Waals surface area contributed by atoms with Crippen molar-refractivity contribution in [3.05, 3.63) is 58.4 Å². The van der Waals surface area contributed by atoms with Gasteiger partial charge in [-0.2, -0.15) is 0 Å². The highest BCUT2D eigenvalue weighted by atomic mass is 35.5. The summed E-state index contributed by atoms with van der Waals surface area (Å²) < 4.78 is 38.8. The third-order valence-corrected chi connectivity index (χ3v) is 2.83. The Morgan fingerprint density at radius 3 is 2.25 bits per heavy atom. The first-order valence-corrected chi connectivity index (χ1v) is 5.77. The van der Waals surface area contributed by atoms with Gasteiger partial charge in [0.05, 0.1) is 10.7 Å². The summed E-state index contributed by atoms with van der Waals surface area (Å²) in [4.78, 5) is 11.8. The van der Waals surface area contributed by atoms with Crippen LogP contribution in [0.15, 0.2) is 30.3 Å². The molecule has 0 radical (unpaired) electrons. The standard InChI is InChI=1S/C13H8ClF3N2O/c14-8-3-6(1-2-11(8)18)13(20)19-7-4-9(15)12(17)10(16)5-7/h1-5H,18H2,(H,19,20). The van der Waals surface area contributed by atoms with E-state index in [0.717, 1.165) is 0 Å². The second-order valence-corrected chi connectivity index (χ2v) is 4.35. The molecule has 0 fully saturated rings. The Bertz CT molecular complexity index is 668. The Morgan fingerprint density at radius 1 is 1.10 bits per heavy atom. The first kappa shape index (κ1) is 14.2. The Balaban J connectivity index is 2.25. The maximum Gasteiger partial charge on any atom is 0.255 e.